The van der Waals surface area contributed by atoms with Gasteiger partial charge < -0.3 is 14.7 Å². The Labute approximate surface area is 159 Å². The summed E-state index contributed by atoms with van der Waals surface area (Å²) in [4.78, 5) is 35.0. The highest BCUT2D eigenvalue weighted by Crippen LogP contribution is 2.22. The van der Waals surface area contributed by atoms with E-state index in [-0.39, 0.29) is 11.8 Å². The van der Waals surface area contributed by atoms with Crippen molar-refractivity contribution in [3.8, 4) is 11.4 Å². The highest BCUT2D eigenvalue weighted by atomic mass is 16.2. The first-order valence-corrected chi connectivity index (χ1v) is 9.12. The number of hydrogen-bond donors (Lipinski definition) is 0. The zero-order chi connectivity index (χ0) is 19.7. The van der Waals surface area contributed by atoms with Gasteiger partial charge in [0.1, 0.15) is 6.04 Å². The van der Waals surface area contributed by atoms with Crippen LogP contribution < -0.4 is 4.90 Å². The van der Waals surface area contributed by atoms with Crippen molar-refractivity contribution in [2.24, 2.45) is 0 Å². The first-order valence-electron chi connectivity index (χ1n) is 9.12. The summed E-state index contributed by atoms with van der Waals surface area (Å²) < 4.78 is 1.82. The standard InChI is InChI=1S/C19H26N6O2/c1-6-25-19(22(3)4)20-16(21-25)14-8-7-9-15(12-14)18(27)24-11-10-23(5)17(26)13(24)2/h7-9,12-13H,6,10-11H2,1-5H3. The Hall–Kier alpha value is -2.90. The third-order valence-corrected chi connectivity index (χ3v) is 4.86. The number of anilines is 1. The maximum absolute atomic E-state index is 13.0. The van der Waals surface area contributed by atoms with Gasteiger partial charge in [0, 0.05) is 51.9 Å². The maximum atomic E-state index is 13.0. The number of rotatable bonds is 4. The Bertz CT molecular complexity index is 860. The molecule has 0 aliphatic carbocycles. The predicted molar refractivity (Wildman–Crippen MR) is 104 cm³/mol. The maximum Gasteiger partial charge on any atom is 0.254 e. The summed E-state index contributed by atoms with van der Waals surface area (Å²) in [6.07, 6.45) is 0. The van der Waals surface area contributed by atoms with Crippen molar-refractivity contribution in [2.75, 3.05) is 39.1 Å². The number of amides is 2. The van der Waals surface area contributed by atoms with Crippen molar-refractivity contribution in [2.45, 2.75) is 26.4 Å². The van der Waals surface area contributed by atoms with Crippen LogP contribution in [0.25, 0.3) is 11.4 Å². The van der Waals surface area contributed by atoms with Crippen LogP contribution in [0.5, 0.6) is 0 Å². The molecule has 1 aliphatic heterocycles. The van der Waals surface area contributed by atoms with E-state index in [2.05, 4.69) is 10.1 Å². The zero-order valence-corrected chi connectivity index (χ0v) is 16.5. The van der Waals surface area contributed by atoms with Crippen molar-refractivity contribution in [3.05, 3.63) is 29.8 Å². The molecule has 1 aromatic carbocycles. The fourth-order valence-electron chi connectivity index (χ4n) is 3.25. The van der Waals surface area contributed by atoms with E-state index in [4.69, 9.17) is 0 Å². The van der Waals surface area contributed by atoms with Crippen molar-refractivity contribution in [3.63, 3.8) is 0 Å². The average molecular weight is 370 g/mol. The molecule has 8 heteroatoms. The van der Waals surface area contributed by atoms with Crippen LogP contribution in [0.15, 0.2) is 24.3 Å². The second kappa shape index (κ2) is 7.38. The van der Waals surface area contributed by atoms with Crippen LogP contribution in [0, 0.1) is 0 Å². The molecule has 0 N–H and O–H groups in total. The quantitative estimate of drug-likeness (QED) is 0.812. The molecule has 1 saturated heterocycles. The Morgan fingerprint density at radius 1 is 1.30 bits per heavy atom. The Balaban J connectivity index is 1.90. The predicted octanol–water partition coefficient (Wildman–Crippen LogP) is 1.33. The molecule has 144 valence electrons. The smallest absolute Gasteiger partial charge is 0.254 e. The van der Waals surface area contributed by atoms with E-state index in [1.807, 2.05) is 42.7 Å². The normalized spacial score (nSPS) is 17.4. The number of carbonyl (C=O) groups excluding carboxylic acids is 2. The number of piperazine rings is 1. The van der Waals surface area contributed by atoms with E-state index < -0.39 is 6.04 Å². The Morgan fingerprint density at radius 2 is 2.04 bits per heavy atom. The molecule has 1 atom stereocenters. The van der Waals surface area contributed by atoms with Crippen molar-refractivity contribution in [1.82, 2.24) is 24.6 Å². The summed E-state index contributed by atoms with van der Waals surface area (Å²) in [5.41, 5.74) is 1.32. The molecule has 8 nitrogen and oxygen atoms in total. The number of aromatic nitrogens is 3. The van der Waals surface area contributed by atoms with Gasteiger partial charge in [0.2, 0.25) is 11.9 Å². The fourth-order valence-corrected chi connectivity index (χ4v) is 3.25. The van der Waals surface area contributed by atoms with Gasteiger partial charge in [-0.25, -0.2) is 4.68 Å². The van der Waals surface area contributed by atoms with E-state index in [9.17, 15) is 9.59 Å². The summed E-state index contributed by atoms with van der Waals surface area (Å²) in [7, 11) is 5.61. The lowest BCUT2D eigenvalue weighted by molar-refractivity contribution is -0.137. The Kier molecular flexibility index (Phi) is 5.16. The number of nitrogens with zero attached hydrogens (tertiary/aromatic N) is 6. The highest BCUT2D eigenvalue weighted by molar-refractivity contribution is 5.98. The SMILES string of the molecule is CCn1nc(-c2cccc(C(=O)N3CCN(C)C(=O)C3C)c2)nc1N(C)C. The van der Waals surface area contributed by atoms with Gasteiger partial charge in [-0.3, -0.25) is 9.59 Å². The van der Waals surface area contributed by atoms with Gasteiger partial charge in [0.15, 0.2) is 5.82 Å². The molecule has 0 saturated carbocycles. The topological polar surface area (TPSA) is 74.6 Å². The molecular weight excluding hydrogens is 344 g/mol. The monoisotopic (exact) mass is 370 g/mol. The third-order valence-electron chi connectivity index (χ3n) is 4.86. The van der Waals surface area contributed by atoms with Gasteiger partial charge in [0.05, 0.1) is 0 Å². The minimum Gasteiger partial charge on any atom is -0.347 e. The summed E-state index contributed by atoms with van der Waals surface area (Å²) >= 11 is 0. The van der Waals surface area contributed by atoms with Gasteiger partial charge >= 0.3 is 0 Å². The Morgan fingerprint density at radius 3 is 2.67 bits per heavy atom. The first kappa shape index (κ1) is 18.9. The molecule has 0 bridgehead atoms. The summed E-state index contributed by atoms with van der Waals surface area (Å²) in [5.74, 6) is 1.17. The van der Waals surface area contributed by atoms with Gasteiger partial charge in [0.25, 0.3) is 5.91 Å². The molecule has 3 rings (SSSR count). The van der Waals surface area contributed by atoms with Gasteiger partial charge in [-0.05, 0) is 26.0 Å². The molecule has 0 spiro atoms. The largest absolute Gasteiger partial charge is 0.347 e. The second-order valence-electron chi connectivity index (χ2n) is 6.96. The molecule has 1 aliphatic rings. The highest BCUT2D eigenvalue weighted by Gasteiger charge is 2.33. The lowest BCUT2D eigenvalue weighted by Gasteiger charge is -2.37. The number of benzene rings is 1. The van der Waals surface area contributed by atoms with Crippen LogP contribution in [0.3, 0.4) is 0 Å². The fraction of sp³-hybridized carbons (Fsp3) is 0.474. The van der Waals surface area contributed by atoms with Crippen LogP contribution in [-0.4, -0.2) is 76.7 Å². The van der Waals surface area contributed by atoms with E-state index in [0.717, 1.165) is 11.5 Å². The molecule has 1 aromatic heterocycles. The summed E-state index contributed by atoms with van der Waals surface area (Å²) in [6.45, 7) is 5.56. The van der Waals surface area contributed by atoms with Gasteiger partial charge in [-0.15, -0.1) is 5.10 Å². The summed E-state index contributed by atoms with van der Waals surface area (Å²) in [5, 5.41) is 4.55. The molecular formula is C19H26N6O2. The van der Waals surface area contributed by atoms with Gasteiger partial charge in [-0.2, -0.15) is 4.98 Å². The third kappa shape index (κ3) is 3.51. The first-order chi connectivity index (χ1) is 12.8. The molecule has 1 fully saturated rings. The van der Waals surface area contributed by atoms with Crippen LogP contribution in [0.1, 0.15) is 24.2 Å². The van der Waals surface area contributed by atoms with E-state index >= 15 is 0 Å². The zero-order valence-electron chi connectivity index (χ0n) is 16.5. The lowest BCUT2D eigenvalue weighted by atomic mass is 10.1. The van der Waals surface area contributed by atoms with Crippen molar-refractivity contribution < 1.29 is 9.59 Å². The van der Waals surface area contributed by atoms with E-state index in [0.29, 0.717) is 31.0 Å². The molecule has 2 heterocycles. The minimum absolute atomic E-state index is 0.0373. The number of likely N-dealkylation sites (N-methyl/N-ethyl adjacent to an activating group) is 1. The van der Waals surface area contributed by atoms with E-state index in [1.165, 1.54) is 0 Å². The molecule has 1 unspecified atom stereocenters. The van der Waals surface area contributed by atoms with Crippen LogP contribution >= 0.6 is 0 Å². The van der Waals surface area contributed by atoms with Gasteiger partial charge in [-0.1, -0.05) is 12.1 Å². The molecule has 0 radical (unpaired) electrons. The number of carbonyl (C=O) groups is 2. The second-order valence-corrected chi connectivity index (χ2v) is 6.96. The summed E-state index contributed by atoms with van der Waals surface area (Å²) in [6, 6.07) is 6.83. The minimum atomic E-state index is -0.460. The lowest BCUT2D eigenvalue weighted by Crippen LogP contribution is -2.56. The average Bonchev–Trinajstić information content (AvgIpc) is 3.11. The van der Waals surface area contributed by atoms with Crippen LogP contribution in [0.2, 0.25) is 0 Å². The van der Waals surface area contributed by atoms with Crippen LogP contribution in [0.4, 0.5) is 5.95 Å². The number of hydrogen-bond acceptors (Lipinski definition) is 5. The molecule has 2 amide bonds. The molecule has 27 heavy (non-hydrogen) atoms. The van der Waals surface area contributed by atoms with Crippen LogP contribution in [-0.2, 0) is 11.3 Å². The van der Waals surface area contributed by atoms with Crippen molar-refractivity contribution >= 4 is 17.8 Å². The molecule has 2 aromatic rings. The van der Waals surface area contributed by atoms with Crippen molar-refractivity contribution in [1.29, 1.82) is 0 Å². The van der Waals surface area contributed by atoms with E-state index in [1.54, 1.807) is 35.9 Å². The number of aryl methyl sites for hydroxylation is 1.